The van der Waals surface area contributed by atoms with E-state index in [1.54, 1.807) is 0 Å². The Kier molecular flexibility index (Phi) is 3.33. The number of H-pyrrole nitrogens is 1. The summed E-state index contributed by atoms with van der Waals surface area (Å²) in [5, 5.41) is 3.54. The van der Waals surface area contributed by atoms with Crippen molar-refractivity contribution in [2.45, 2.75) is 18.6 Å². The minimum Gasteiger partial charge on any atom is -0.493 e. The molecule has 4 rings (SSSR count). The molecule has 0 saturated heterocycles. The van der Waals surface area contributed by atoms with E-state index in [1.807, 2.05) is 24.3 Å². The molecule has 8 heteroatoms. The number of anilines is 1. The van der Waals surface area contributed by atoms with Crippen LogP contribution in [0, 0.1) is 0 Å². The van der Waals surface area contributed by atoms with E-state index in [-0.39, 0.29) is 11.7 Å². The molecule has 3 heterocycles. The van der Waals surface area contributed by atoms with Crippen LogP contribution >= 0.6 is 0 Å². The van der Waals surface area contributed by atoms with Gasteiger partial charge in [-0.1, -0.05) is 18.2 Å². The van der Waals surface area contributed by atoms with E-state index < -0.39 is 11.9 Å². The molecule has 0 saturated carbocycles. The molecule has 0 aliphatic carbocycles. The highest BCUT2D eigenvalue weighted by Crippen LogP contribution is 2.36. The number of alkyl halides is 3. The van der Waals surface area contributed by atoms with Gasteiger partial charge in [-0.2, -0.15) is 13.2 Å². The Morgan fingerprint density at radius 3 is 2.88 bits per heavy atom. The van der Waals surface area contributed by atoms with Crippen LogP contribution in [0.25, 0.3) is 11.0 Å². The molecule has 0 fully saturated rings. The topological polar surface area (TPSA) is 62.8 Å². The minimum atomic E-state index is -4.46. The Morgan fingerprint density at radius 2 is 2.04 bits per heavy atom. The van der Waals surface area contributed by atoms with E-state index >= 15 is 0 Å². The van der Waals surface area contributed by atoms with Crippen LogP contribution in [0.2, 0.25) is 0 Å². The molecule has 0 radical (unpaired) electrons. The molecule has 1 aliphatic rings. The first-order chi connectivity index (χ1) is 11.5. The fraction of sp³-hybridized carbons (Fsp3) is 0.250. The molecule has 1 unspecified atom stereocenters. The first-order valence-electron chi connectivity index (χ1n) is 7.41. The summed E-state index contributed by atoms with van der Waals surface area (Å²) < 4.78 is 44.3. The Morgan fingerprint density at radius 1 is 1.21 bits per heavy atom. The molecule has 124 valence electrons. The lowest BCUT2D eigenvalue weighted by Gasteiger charge is -2.27. The lowest BCUT2D eigenvalue weighted by Crippen LogP contribution is -2.20. The number of ether oxygens (including phenoxy) is 1. The number of nitrogens with zero attached hydrogens (tertiary/aromatic N) is 2. The number of aromatic nitrogens is 3. The lowest BCUT2D eigenvalue weighted by atomic mass is 10.0. The van der Waals surface area contributed by atoms with Crippen LogP contribution in [-0.2, 0) is 6.18 Å². The van der Waals surface area contributed by atoms with Crippen molar-refractivity contribution in [1.29, 1.82) is 0 Å². The molecule has 0 spiro atoms. The Balaban J connectivity index is 1.72. The highest BCUT2D eigenvalue weighted by Gasteiger charge is 2.33. The van der Waals surface area contributed by atoms with Crippen LogP contribution in [-0.4, -0.2) is 21.6 Å². The maximum Gasteiger partial charge on any atom is 0.431 e. The molecule has 2 N–H and O–H groups in total. The second kappa shape index (κ2) is 5.40. The van der Waals surface area contributed by atoms with Gasteiger partial charge in [-0.05, 0) is 12.1 Å². The molecule has 1 aliphatic heterocycles. The Bertz CT molecular complexity index is 890. The van der Waals surface area contributed by atoms with Crippen LogP contribution in [0.1, 0.15) is 23.7 Å². The summed E-state index contributed by atoms with van der Waals surface area (Å²) in [6, 6.07) is 8.53. The van der Waals surface area contributed by atoms with Gasteiger partial charge in [0.15, 0.2) is 0 Å². The van der Waals surface area contributed by atoms with Gasteiger partial charge in [0.05, 0.1) is 18.0 Å². The number of aromatic amines is 1. The summed E-state index contributed by atoms with van der Waals surface area (Å²) in [6.45, 7) is 0.532. The van der Waals surface area contributed by atoms with E-state index in [4.69, 9.17) is 4.74 Å². The number of halogens is 3. The summed E-state index contributed by atoms with van der Waals surface area (Å²) >= 11 is 0. The first-order valence-corrected chi connectivity index (χ1v) is 7.41. The molecule has 1 atom stereocenters. The Hall–Kier alpha value is -2.77. The molecule has 3 aromatic rings. The monoisotopic (exact) mass is 334 g/mol. The van der Waals surface area contributed by atoms with Crippen LogP contribution in [0.3, 0.4) is 0 Å². The molecule has 24 heavy (non-hydrogen) atoms. The molecule has 0 bridgehead atoms. The smallest absolute Gasteiger partial charge is 0.431 e. The van der Waals surface area contributed by atoms with Gasteiger partial charge in [-0.25, -0.2) is 9.97 Å². The number of nitrogens with one attached hydrogen (secondary N) is 2. The fourth-order valence-electron chi connectivity index (χ4n) is 2.86. The molecule has 5 nitrogen and oxygen atoms in total. The van der Waals surface area contributed by atoms with Crippen molar-refractivity contribution in [2.24, 2.45) is 0 Å². The van der Waals surface area contributed by atoms with Crippen molar-refractivity contribution in [3.05, 3.63) is 47.9 Å². The average molecular weight is 334 g/mol. The van der Waals surface area contributed by atoms with E-state index in [0.29, 0.717) is 24.2 Å². The van der Waals surface area contributed by atoms with Gasteiger partial charge in [0.1, 0.15) is 29.2 Å². The van der Waals surface area contributed by atoms with Crippen LogP contribution in [0.15, 0.2) is 36.7 Å². The standard InChI is InChI=1S/C16H13F3N4O/c17-16(18,19)13-7-10-14(20-8-21-15(10)23-13)22-11-5-6-24-12-4-2-1-3-9(11)12/h1-4,7-8,11H,5-6H2,(H2,20,21,22,23). The summed E-state index contributed by atoms with van der Waals surface area (Å²) in [5.41, 5.74) is 0.274. The summed E-state index contributed by atoms with van der Waals surface area (Å²) in [6.07, 6.45) is -2.52. The highest BCUT2D eigenvalue weighted by atomic mass is 19.4. The summed E-state index contributed by atoms with van der Waals surface area (Å²) in [5.74, 6) is 1.14. The van der Waals surface area contributed by atoms with Crippen LogP contribution in [0.5, 0.6) is 5.75 Å². The second-order valence-corrected chi connectivity index (χ2v) is 5.54. The molecular formula is C16H13F3N4O. The zero-order valence-corrected chi connectivity index (χ0v) is 12.4. The third-order valence-electron chi connectivity index (χ3n) is 4.00. The predicted molar refractivity (Wildman–Crippen MR) is 81.8 cm³/mol. The van der Waals surface area contributed by atoms with Crippen molar-refractivity contribution < 1.29 is 17.9 Å². The number of rotatable bonds is 2. The number of hydrogen-bond acceptors (Lipinski definition) is 4. The van der Waals surface area contributed by atoms with Crippen LogP contribution < -0.4 is 10.1 Å². The SMILES string of the molecule is FC(F)(F)c1cc2c(NC3CCOc4ccccc43)ncnc2[nH]1. The maximum atomic E-state index is 12.9. The van der Waals surface area contributed by atoms with Crippen molar-refractivity contribution in [3.63, 3.8) is 0 Å². The summed E-state index contributed by atoms with van der Waals surface area (Å²) in [4.78, 5) is 10.3. The summed E-state index contributed by atoms with van der Waals surface area (Å²) in [7, 11) is 0. The zero-order valence-electron chi connectivity index (χ0n) is 12.4. The average Bonchev–Trinajstić information content (AvgIpc) is 3.01. The van der Waals surface area contributed by atoms with Crippen molar-refractivity contribution in [1.82, 2.24) is 15.0 Å². The van der Waals surface area contributed by atoms with Gasteiger partial charge in [-0.3, -0.25) is 0 Å². The van der Waals surface area contributed by atoms with E-state index in [2.05, 4.69) is 20.3 Å². The lowest BCUT2D eigenvalue weighted by molar-refractivity contribution is -0.140. The number of para-hydroxylation sites is 1. The van der Waals surface area contributed by atoms with Crippen LogP contribution in [0.4, 0.5) is 19.0 Å². The van der Waals surface area contributed by atoms with E-state index in [9.17, 15) is 13.2 Å². The third-order valence-corrected chi connectivity index (χ3v) is 4.00. The van der Waals surface area contributed by atoms with E-state index in [1.165, 1.54) is 6.33 Å². The van der Waals surface area contributed by atoms with E-state index in [0.717, 1.165) is 17.4 Å². The predicted octanol–water partition coefficient (Wildman–Crippen LogP) is 3.91. The third kappa shape index (κ3) is 2.53. The first kappa shape index (κ1) is 14.8. The van der Waals surface area contributed by atoms with Gasteiger partial charge in [-0.15, -0.1) is 0 Å². The molecule has 1 aromatic carbocycles. The van der Waals surface area contributed by atoms with Gasteiger partial charge >= 0.3 is 6.18 Å². The largest absolute Gasteiger partial charge is 0.493 e. The van der Waals surface area contributed by atoms with Crippen molar-refractivity contribution >= 4 is 16.9 Å². The quantitative estimate of drug-likeness (QED) is 0.746. The number of benzene rings is 1. The molecular weight excluding hydrogens is 321 g/mol. The zero-order chi connectivity index (χ0) is 16.7. The maximum absolute atomic E-state index is 12.9. The van der Waals surface area contributed by atoms with Crippen molar-refractivity contribution in [3.8, 4) is 5.75 Å². The van der Waals surface area contributed by atoms with Gasteiger partial charge in [0, 0.05) is 12.0 Å². The molecule has 2 aromatic heterocycles. The number of hydrogen-bond donors (Lipinski definition) is 2. The molecule has 0 amide bonds. The normalized spacial score (nSPS) is 17.4. The van der Waals surface area contributed by atoms with Gasteiger partial charge < -0.3 is 15.0 Å². The van der Waals surface area contributed by atoms with Gasteiger partial charge in [0.2, 0.25) is 0 Å². The second-order valence-electron chi connectivity index (χ2n) is 5.54. The minimum absolute atomic E-state index is 0.0858. The Labute approximate surface area is 134 Å². The number of fused-ring (bicyclic) bond motifs is 2. The van der Waals surface area contributed by atoms with Gasteiger partial charge in [0.25, 0.3) is 0 Å². The van der Waals surface area contributed by atoms with Crippen molar-refractivity contribution in [2.75, 3.05) is 11.9 Å². The highest BCUT2D eigenvalue weighted by molar-refractivity contribution is 5.88. The fourth-order valence-corrected chi connectivity index (χ4v) is 2.86.